The molecule has 1 amide bonds. The van der Waals surface area contributed by atoms with Crippen molar-refractivity contribution in [1.29, 1.82) is 0 Å². The number of piperidine rings is 1. The largest absolute Gasteiger partial charge is 0.444 e. The molecule has 0 saturated carbocycles. The van der Waals surface area contributed by atoms with Gasteiger partial charge < -0.3 is 9.47 Å². The summed E-state index contributed by atoms with van der Waals surface area (Å²) in [7, 11) is 0. The van der Waals surface area contributed by atoms with Crippen LogP contribution in [0.1, 0.15) is 94.6 Å². The molecule has 0 aliphatic carbocycles. The fourth-order valence-corrected chi connectivity index (χ4v) is 4.78. The second-order valence-electron chi connectivity index (χ2n) is 10.4. The molecule has 30 heavy (non-hydrogen) atoms. The smallest absolute Gasteiger partial charge is 0.410 e. The highest BCUT2D eigenvalue weighted by Gasteiger charge is 2.45. The second kappa shape index (κ2) is 8.70. The van der Waals surface area contributed by atoms with E-state index in [1.807, 2.05) is 25.7 Å². The molecule has 2 unspecified atom stereocenters. The highest BCUT2D eigenvalue weighted by Crippen LogP contribution is 2.37. The lowest BCUT2D eigenvalue weighted by molar-refractivity contribution is -0.0861. The minimum Gasteiger partial charge on any atom is -0.444 e. The summed E-state index contributed by atoms with van der Waals surface area (Å²) in [5.74, 6) is 0.698. The average Bonchev–Trinajstić information content (AvgIpc) is 2.64. The molecule has 1 aromatic carbocycles. The number of amides is 1. The molecule has 5 heteroatoms. The van der Waals surface area contributed by atoms with Gasteiger partial charge in [0.05, 0.1) is 25.3 Å². The molecule has 2 saturated heterocycles. The number of hydrogen-bond donors (Lipinski definition) is 0. The van der Waals surface area contributed by atoms with Crippen LogP contribution in [0.2, 0.25) is 0 Å². The molecule has 2 atom stereocenters. The maximum absolute atomic E-state index is 13.8. The number of Topliss-reactive ketones (excluding diaryl/α,β-unsaturated/α-hetero) is 1. The molecule has 2 bridgehead atoms. The SMILES string of the molecule is CC(C)c1cccc(C(C)C)c1C(=O)C1CC2COCC(C1)N2C(=O)OC(C)(C)C. The minimum absolute atomic E-state index is 0.0972. The van der Waals surface area contributed by atoms with Gasteiger partial charge in [-0.3, -0.25) is 9.69 Å². The van der Waals surface area contributed by atoms with Crippen molar-refractivity contribution in [3.63, 3.8) is 0 Å². The normalized spacial score (nSPS) is 24.3. The standard InChI is InChI=1S/C25H37NO4/c1-15(2)20-9-8-10-21(16(3)4)22(20)23(27)17-11-18-13-29-14-19(12-17)26(18)24(28)30-25(5,6)7/h8-10,15-19H,11-14H2,1-7H3. The maximum atomic E-state index is 13.8. The van der Waals surface area contributed by atoms with Gasteiger partial charge in [-0.2, -0.15) is 0 Å². The number of ketones is 1. The molecule has 2 aliphatic rings. The van der Waals surface area contributed by atoms with Crippen molar-refractivity contribution in [3.05, 3.63) is 34.9 Å². The topological polar surface area (TPSA) is 55.8 Å². The van der Waals surface area contributed by atoms with E-state index in [0.29, 0.717) is 26.1 Å². The zero-order valence-corrected chi connectivity index (χ0v) is 19.5. The van der Waals surface area contributed by atoms with Crippen LogP contribution < -0.4 is 0 Å². The van der Waals surface area contributed by atoms with E-state index in [1.54, 1.807) is 0 Å². The third-order valence-electron chi connectivity index (χ3n) is 6.11. The molecular weight excluding hydrogens is 378 g/mol. The van der Waals surface area contributed by atoms with Crippen LogP contribution in [-0.4, -0.2) is 47.7 Å². The number of ether oxygens (including phenoxy) is 2. The van der Waals surface area contributed by atoms with Crippen molar-refractivity contribution in [2.45, 2.75) is 90.8 Å². The van der Waals surface area contributed by atoms with E-state index < -0.39 is 5.60 Å². The van der Waals surface area contributed by atoms with Gasteiger partial charge in [0.25, 0.3) is 0 Å². The molecule has 5 nitrogen and oxygen atoms in total. The van der Waals surface area contributed by atoms with Crippen LogP contribution in [0, 0.1) is 5.92 Å². The first kappa shape index (κ1) is 22.8. The van der Waals surface area contributed by atoms with E-state index in [4.69, 9.17) is 9.47 Å². The van der Waals surface area contributed by atoms with Crippen LogP contribution >= 0.6 is 0 Å². The maximum Gasteiger partial charge on any atom is 0.410 e. The highest BCUT2D eigenvalue weighted by molar-refractivity contribution is 6.01. The Morgan fingerprint density at radius 3 is 1.93 bits per heavy atom. The summed E-state index contributed by atoms with van der Waals surface area (Å²) in [6.45, 7) is 15.1. The Labute approximate surface area is 181 Å². The van der Waals surface area contributed by atoms with Gasteiger partial charge in [-0.15, -0.1) is 0 Å². The second-order valence-corrected chi connectivity index (χ2v) is 10.4. The van der Waals surface area contributed by atoms with Crippen molar-refractivity contribution in [2.24, 2.45) is 5.92 Å². The Bertz CT molecular complexity index is 753. The Hall–Kier alpha value is -1.88. The predicted octanol–water partition coefficient (Wildman–Crippen LogP) is 5.53. The Morgan fingerprint density at radius 2 is 1.50 bits per heavy atom. The van der Waals surface area contributed by atoms with E-state index in [0.717, 1.165) is 16.7 Å². The minimum atomic E-state index is -0.540. The van der Waals surface area contributed by atoms with E-state index >= 15 is 0 Å². The molecule has 0 spiro atoms. The van der Waals surface area contributed by atoms with Crippen LogP contribution in [0.3, 0.4) is 0 Å². The first-order chi connectivity index (χ1) is 14.0. The fourth-order valence-electron chi connectivity index (χ4n) is 4.78. The van der Waals surface area contributed by atoms with Gasteiger partial charge in [-0.05, 0) is 56.6 Å². The molecule has 0 aromatic heterocycles. The van der Waals surface area contributed by atoms with Gasteiger partial charge in [0, 0.05) is 11.5 Å². The fraction of sp³-hybridized carbons (Fsp3) is 0.680. The molecule has 1 aromatic rings. The summed E-state index contributed by atoms with van der Waals surface area (Å²) in [5.41, 5.74) is 2.61. The number of hydrogen-bond acceptors (Lipinski definition) is 4. The first-order valence-electron chi connectivity index (χ1n) is 11.3. The number of carbonyl (C=O) groups is 2. The molecular formula is C25H37NO4. The number of nitrogens with zero attached hydrogens (tertiary/aromatic N) is 1. The van der Waals surface area contributed by atoms with Crippen molar-refractivity contribution < 1.29 is 19.1 Å². The third-order valence-corrected chi connectivity index (χ3v) is 6.11. The lowest BCUT2D eigenvalue weighted by atomic mass is 9.77. The van der Waals surface area contributed by atoms with Crippen molar-refractivity contribution in [1.82, 2.24) is 4.90 Å². The van der Waals surface area contributed by atoms with E-state index in [2.05, 4.69) is 45.9 Å². The Balaban J connectivity index is 1.88. The highest BCUT2D eigenvalue weighted by atomic mass is 16.6. The van der Waals surface area contributed by atoms with Crippen molar-refractivity contribution in [2.75, 3.05) is 13.2 Å². The molecule has 2 heterocycles. The first-order valence-corrected chi connectivity index (χ1v) is 11.3. The molecule has 0 radical (unpaired) electrons. The number of benzene rings is 1. The van der Waals surface area contributed by atoms with Gasteiger partial charge in [-0.1, -0.05) is 45.9 Å². The third kappa shape index (κ3) is 4.72. The van der Waals surface area contributed by atoms with Crippen LogP contribution in [0.4, 0.5) is 4.79 Å². The van der Waals surface area contributed by atoms with Gasteiger partial charge in [0.1, 0.15) is 5.60 Å². The average molecular weight is 416 g/mol. The van der Waals surface area contributed by atoms with Crippen molar-refractivity contribution in [3.8, 4) is 0 Å². The van der Waals surface area contributed by atoms with Crippen LogP contribution in [0.15, 0.2) is 18.2 Å². The van der Waals surface area contributed by atoms with Crippen molar-refractivity contribution >= 4 is 11.9 Å². The lowest BCUT2D eigenvalue weighted by Gasteiger charge is -2.48. The van der Waals surface area contributed by atoms with Crippen LogP contribution in [0.25, 0.3) is 0 Å². The summed E-state index contributed by atoms with van der Waals surface area (Å²) >= 11 is 0. The summed E-state index contributed by atoms with van der Waals surface area (Å²) in [6, 6.07) is 6.01. The van der Waals surface area contributed by atoms with Crippen LogP contribution in [-0.2, 0) is 9.47 Å². The molecule has 166 valence electrons. The number of rotatable bonds is 4. The molecule has 0 N–H and O–H groups in total. The zero-order valence-electron chi connectivity index (χ0n) is 19.5. The van der Waals surface area contributed by atoms with Gasteiger partial charge in [0.15, 0.2) is 5.78 Å². The Morgan fingerprint density at radius 1 is 1.00 bits per heavy atom. The van der Waals surface area contributed by atoms with Gasteiger partial charge in [-0.25, -0.2) is 4.79 Å². The summed E-state index contributed by atoms with van der Waals surface area (Å²) in [4.78, 5) is 28.5. The van der Waals surface area contributed by atoms with Gasteiger partial charge in [0.2, 0.25) is 0 Å². The number of fused-ring (bicyclic) bond motifs is 2. The van der Waals surface area contributed by atoms with Crippen LogP contribution in [0.5, 0.6) is 0 Å². The predicted molar refractivity (Wildman–Crippen MR) is 118 cm³/mol. The zero-order chi connectivity index (χ0) is 22.2. The summed E-state index contributed by atoms with van der Waals surface area (Å²) in [5, 5.41) is 0. The van der Waals surface area contributed by atoms with Gasteiger partial charge >= 0.3 is 6.09 Å². The molecule has 2 aliphatic heterocycles. The van der Waals surface area contributed by atoms with E-state index in [9.17, 15) is 9.59 Å². The van der Waals surface area contributed by atoms with E-state index in [-0.39, 0.29) is 41.7 Å². The lowest BCUT2D eigenvalue weighted by Crippen LogP contribution is -2.60. The number of carbonyl (C=O) groups excluding carboxylic acids is 2. The number of morpholine rings is 1. The summed E-state index contributed by atoms with van der Waals surface area (Å²) < 4.78 is 11.4. The molecule has 3 rings (SSSR count). The monoisotopic (exact) mass is 415 g/mol. The quantitative estimate of drug-likeness (QED) is 0.607. The molecule has 2 fully saturated rings. The van der Waals surface area contributed by atoms with E-state index in [1.165, 1.54) is 0 Å². The Kier molecular flexibility index (Phi) is 6.61. The summed E-state index contributed by atoms with van der Waals surface area (Å²) in [6.07, 6.45) is 0.953.